The maximum Gasteiger partial charge on any atom is 0.252 e. The fourth-order valence-electron chi connectivity index (χ4n) is 17.7. The first-order chi connectivity index (χ1) is 51.6. The monoisotopic (exact) mass is 1400 g/mol. The van der Waals surface area contributed by atoms with Gasteiger partial charge in [0.2, 0.25) is 0 Å². The van der Waals surface area contributed by atoms with Gasteiger partial charge in [0.15, 0.2) is 0 Å². The fourth-order valence-corrected chi connectivity index (χ4v) is 18.8. The summed E-state index contributed by atoms with van der Waals surface area (Å²) in [7, 11) is 0. The second kappa shape index (κ2) is 23.4. The van der Waals surface area contributed by atoms with Crippen LogP contribution < -0.4 is 26.2 Å². The summed E-state index contributed by atoms with van der Waals surface area (Å²) in [4.78, 5) is 5.35. The largest absolute Gasteiger partial charge is 0.456 e. The van der Waals surface area contributed by atoms with Gasteiger partial charge in [-0.25, -0.2) is 0 Å². The van der Waals surface area contributed by atoms with Crippen molar-refractivity contribution in [1.29, 1.82) is 0 Å². The molecule has 0 radical (unpaired) electrons. The summed E-state index contributed by atoms with van der Waals surface area (Å²) in [6.07, 6.45) is 0. The van der Waals surface area contributed by atoms with Crippen LogP contribution in [0.25, 0.3) is 130 Å². The van der Waals surface area contributed by atoms with Crippen molar-refractivity contribution in [3.8, 4) is 44.8 Å². The molecule has 107 heavy (non-hydrogen) atoms. The van der Waals surface area contributed by atoms with E-state index in [0.717, 1.165) is 89.7 Å². The summed E-state index contributed by atoms with van der Waals surface area (Å²) in [6.45, 7) is 27.8. The lowest BCUT2D eigenvalue weighted by Crippen LogP contribution is -2.61. The molecule has 5 nitrogen and oxygen atoms in total. The minimum Gasteiger partial charge on any atom is -0.456 e. The first kappa shape index (κ1) is 64.9. The van der Waals surface area contributed by atoms with Gasteiger partial charge in [0, 0.05) is 97.7 Å². The van der Waals surface area contributed by atoms with E-state index in [0.29, 0.717) is 0 Å². The molecule has 0 saturated heterocycles. The van der Waals surface area contributed by atoms with Crippen LogP contribution in [-0.2, 0) is 21.7 Å². The van der Waals surface area contributed by atoms with E-state index < -0.39 is 0 Å². The molecule has 518 valence electrons. The van der Waals surface area contributed by atoms with Crippen molar-refractivity contribution in [2.45, 2.75) is 105 Å². The van der Waals surface area contributed by atoms with Crippen molar-refractivity contribution in [3.63, 3.8) is 0 Å². The van der Waals surface area contributed by atoms with Crippen LogP contribution in [0.2, 0.25) is 0 Å². The van der Waals surface area contributed by atoms with E-state index in [1.165, 1.54) is 114 Å². The Bertz CT molecular complexity index is 6630. The molecule has 18 aromatic rings. The van der Waals surface area contributed by atoms with Crippen LogP contribution in [0.5, 0.6) is 0 Å². The SMILES string of the molecule is CC(C)(C)c1ccc(N2c3cc(-n4c5ccccc5c5ccccc54)ccc3B3c4ccc(-n5c6ccc(C(C)(C)C)cc6c6cc(C(C)(C)C)ccc65)cc4N(c4ccc(C(C)(C)C)cc4-c4ccccc4)c4cc(-c5ccc6oc7ccc8sc9ccccc9c8c7c6c5)cc2c43)c(-c2ccccc2)c1. The van der Waals surface area contributed by atoms with Crippen LogP contribution in [0.3, 0.4) is 0 Å². The van der Waals surface area contributed by atoms with E-state index in [-0.39, 0.29) is 28.4 Å². The maximum atomic E-state index is 6.95. The van der Waals surface area contributed by atoms with Gasteiger partial charge in [-0.3, -0.25) is 0 Å². The Morgan fingerprint density at radius 2 is 0.720 bits per heavy atom. The molecule has 0 atom stereocenters. The minimum absolute atomic E-state index is 0.0563. The second-order valence-corrected chi connectivity index (χ2v) is 35.2. The van der Waals surface area contributed by atoms with E-state index >= 15 is 0 Å². The predicted molar refractivity (Wildman–Crippen MR) is 460 cm³/mol. The third-order valence-electron chi connectivity index (χ3n) is 23.3. The van der Waals surface area contributed by atoms with Crippen LogP contribution in [0.1, 0.15) is 105 Å². The quantitative estimate of drug-likeness (QED) is 0.149. The summed E-state index contributed by atoms with van der Waals surface area (Å²) >= 11 is 1.85. The molecule has 0 unspecified atom stereocenters. The summed E-state index contributed by atoms with van der Waals surface area (Å²) in [5.41, 5.74) is 30.7. The van der Waals surface area contributed by atoms with Gasteiger partial charge < -0.3 is 23.4 Å². The Balaban J connectivity index is 0.945. The highest BCUT2D eigenvalue weighted by molar-refractivity contribution is 7.26. The molecule has 2 aliphatic heterocycles. The van der Waals surface area contributed by atoms with Crippen LogP contribution in [0.15, 0.2) is 290 Å². The van der Waals surface area contributed by atoms with E-state index in [1.54, 1.807) is 0 Å². The Labute approximate surface area is 630 Å². The molecule has 0 N–H and O–H groups in total. The molecular formula is C100H83BN4OS. The summed E-state index contributed by atoms with van der Waals surface area (Å²) in [5, 5.41) is 9.73. The number of benzene rings is 14. The molecule has 0 bridgehead atoms. The van der Waals surface area contributed by atoms with Crippen LogP contribution in [0.4, 0.5) is 34.1 Å². The number of hydrogen-bond acceptors (Lipinski definition) is 4. The molecule has 0 amide bonds. The van der Waals surface area contributed by atoms with Gasteiger partial charge in [0.1, 0.15) is 11.2 Å². The van der Waals surface area contributed by atoms with Crippen molar-refractivity contribution < 1.29 is 4.42 Å². The molecule has 0 spiro atoms. The lowest BCUT2D eigenvalue weighted by atomic mass is 9.33. The molecule has 0 fully saturated rings. The molecule has 20 rings (SSSR count). The highest BCUT2D eigenvalue weighted by Gasteiger charge is 2.45. The lowest BCUT2D eigenvalue weighted by Gasteiger charge is -2.45. The standard InChI is InChI=1S/C100H83BN4OS/c1-97(2,3)64-36-44-82(73(54-64)60-25-15-13-16-26-60)104-86-58-68(102-80-32-22-19-29-70(80)71-30-20-23-33-81(71)102)40-42-78(86)101-79-43-41-69(103-84-46-38-66(99(7,8)9)56-75(84)76-57-67(100(10,11)12)39-47-85(76)103)59-87(79)105(83-45-37-65(98(4,5)6)55-74(83)61-27-17-14-18-28-61)89-53-63(52-88(104)96(89)101)62-35-48-90-77(51-62)94-91(106-90)49-50-93-95(94)72-31-21-24-34-92(72)107-93/h13-59H,1-12H3. The van der Waals surface area contributed by atoms with Crippen molar-refractivity contribution in [2.75, 3.05) is 9.80 Å². The Kier molecular flexibility index (Phi) is 14.2. The zero-order valence-corrected chi connectivity index (χ0v) is 63.6. The number of rotatable bonds is 7. The predicted octanol–water partition coefficient (Wildman–Crippen LogP) is 26.4. The van der Waals surface area contributed by atoms with Gasteiger partial charge in [-0.2, -0.15) is 0 Å². The zero-order chi connectivity index (χ0) is 72.9. The van der Waals surface area contributed by atoms with E-state index in [1.807, 2.05) is 11.3 Å². The minimum atomic E-state index is -0.238. The Hall–Kier alpha value is -11.6. The molecule has 4 aromatic heterocycles. The molecule has 6 heterocycles. The van der Waals surface area contributed by atoms with Gasteiger partial charge in [0.25, 0.3) is 6.71 Å². The van der Waals surface area contributed by atoms with Gasteiger partial charge in [0.05, 0.1) is 33.4 Å². The number of furan rings is 1. The average molecular weight is 1400 g/mol. The van der Waals surface area contributed by atoms with Gasteiger partial charge in [-0.15, -0.1) is 11.3 Å². The summed E-state index contributed by atoms with van der Waals surface area (Å²) < 4.78 is 14.5. The van der Waals surface area contributed by atoms with Crippen LogP contribution >= 0.6 is 11.3 Å². The number of aromatic nitrogens is 2. The van der Waals surface area contributed by atoms with Gasteiger partial charge >= 0.3 is 0 Å². The van der Waals surface area contributed by atoms with Gasteiger partial charge in [-0.05, 0) is 210 Å². The van der Waals surface area contributed by atoms with Crippen molar-refractivity contribution in [1.82, 2.24) is 9.13 Å². The second-order valence-electron chi connectivity index (χ2n) is 34.1. The highest BCUT2D eigenvalue weighted by Crippen LogP contribution is 2.53. The van der Waals surface area contributed by atoms with Crippen molar-refractivity contribution in [3.05, 3.63) is 307 Å². The third-order valence-corrected chi connectivity index (χ3v) is 24.5. The van der Waals surface area contributed by atoms with Crippen LogP contribution in [-0.4, -0.2) is 15.8 Å². The third kappa shape index (κ3) is 10.2. The number of para-hydroxylation sites is 2. The molecule has 0 aliphatic carbocycles. The number of fused-ring (bicyclic) bond motifs is 17. The molecular weight excluding hydrogens is 1320 g/mol. The fraction of sp³-hybridized carbons (Fsp3) is 0.160. The lowest BCUT2D eigenvalue weighted by molar-refractivity contribution is 0.590. The maximum absolute atomic E-state index is 6.95. The summed E-state index contributed by atoms with van der Waals surface area (Å²) in [5.74, 6) is 0. The number of nitrogens with zero attached hydrogens (tertiary/aromatic N) is 4. The smallest absolute Gasteiger partial charge is 0.252 e. The highest BCUT2D eigenvalue weighted by atomic mass is 32.1. The van der Waals surface area contributed by atoms with E-state index in [2.05, 4.69) is 387 Å². The Morgan fingerprint density at radius 1 is 0.280 bits per heavy atom. The first-order valence-electron chi connectivity index (χ1n) is 37.9. The Morgan fingerprint density at radius 3 is 1.22 bits per heavy atom. The molecule has 2 aliphatic rings. The number of thiophene rings is 1. The topological polar surface area (TPSA) is 29.5 Å². The number of hydrogen-bond donors (Lipinski definition) is 0. The van der Waals surface area contributed by atoms with Crippen molar-refractivity contribution in [2.24, 2.45) is 0 Å². The zero-order valence-electron chi connectivity index (χ0n) is 62.8. The average Bonchev–Trinajstić information content (AvgIpc) is 1.25. The van der Waals surface area contributed by atoms with Gasteiger partial charge in [-0.1, -0.05) is 241 Å². The molecule has 14 aromatic carbocycles. The van der Waals surface area contributed by atoms with Crippen molar-refractivity contribution >= 4 is 154 Å². The van der Waals surface area contributed by atoms with E-state index in [9.17, 15) is 0 Å². The first-order valence-corrected chi connectivity index (χ1v) is 38.7. The summed E-state index contributed by atoms with van der Waals surface area (Å²) in [6, 6.07) is 109. The molecule has 7 heteroatoms. The normalized spacial score (nSPS) is 13.4. The van der Waals surface area contributed by atoms with E-state index in [4.69, 9.17) is 4.42 Å². The molecule has 0 saturated carbocycles. The van der Waals surface area contributed by atoms with Crippen LogP contribution in [0, 0.1) is 0 Å². The number of anilines is 6.